The maximum Gasteiger partial charge on any atom is 0.307 e. The number of carboxylic acids is 1. The maximum absolute atomic E-state index is 11.4. The monoisotopic (exact) mass is 823 g/mol. The molecule has 0 radical (unpaired) electrons. The van der Waals surface area contributed by atoms with Crippen LogP contribution in [-0.2, 0) is 27.4 Å². The van der Waals surface area contributed by atoms with Gasteiger partial charge in [0.05, 0.1) is 31.7 Å². The highest BCUT2D eigenvalue weighted by atomic mass is 16.5. The fraction of sp³-hybridized carbons (Fsp3) is 0.577. The molecule has 6 rings (SSSR count). The molecule has 4 aromatic carbocycles. The normalized spacial score (nSPS) is 19.7. The van der Waals surface area contributed by atoms with E-state index in [-0.39, 0.29) is 12.4 Å². The van der Waals surface area contributed by atoms with E-state index in [4.69, 9.17) is 19.3 Å². The molecule has 0 unspecified atom stereocenters. The molecule has 3 N–H and O–H groups in total. The van der Waals surface area contributed by atoms with Crippen LogP contribution in [0.15, 0.2) is 60.7 Å². The molecule has 0 aliphatic heterocycles. The van der Waals surface area contributed by atoms with Crippen LogP contribution in [0.4, 0.5) is 0 Å². The maximum atomic E-state index is 11.4. The lowest BCUT2D eigenvalue weighted by Gasteiger charge is -2.37. The topological polar surface area (TPSA) is 106 Å². The van der Waals surface area contributed by atoms with Gasteiger partial charge in [-0.15, -0.1) is 0 Å². The third-order valence-electron chi connectivity index (χ3n) is 12.8. The zero-order chi connectivity index (χ0) is 43.5. The average molecular weight is 823 g/mol. The Labute approximate surface area is 360 Å². The van der Waals surface area contributed by atoms with Gasteiger partial charge in [-0.3, -0.25) is 9.59 Å². The number of esters is 1. The molecular weight excluding hydrogens is 749 g/mol. The summed E-state index contributed by atoms with van der Waals surface area (Å²) in [4.78, 5) is 22.0. The summed E-state index contributed by atoms with van der Waals surface area (Å²) in [6.45, 7) is 23.2. The summed E-state index contributed by atoms with van der Waals surface area (Å²) in [5.74, 6) is 2.64. The summed E-state index contributed by atoms with van der Waals surface area (Å²) < 4.78 is 17.7. The molecule has 2 saturated carbocycles. The largest absolute Gasteiger partial charge is 0.490 e. The number of hydrogen-bond acceptors (Lipinski definition) is 7. The van der Waals surface area contributed by atoms with Crippen molar-refractivity contribution in [2.24, 2.45) is 22.7 Å². The van der Waals surface area contributed by atoms with Crippen molar-refractivity contribution in [1.82, 2.24) is 10.6 Å². The van der Waals surface area contributed by atoms with E-state index in [2.05, 4.69) is 127 Å². The molecule has 2 aliphatic carbocycles. The van der Waals surface area contributed by atoms with Crippen LogP contribution in [0.1, 0.15) is 135 Å². The van der Waals surface area contributed by atoms with Crippen LogP contribution in [0.2, 0.25) is 0 Å². The Morgan fingerprint density at radius 1 is 0.617 bits per heavy atom. The van der Waals surface area contributed by atoms with Gasteiger partial charge in [-0.05, 0) is 175 Å². The molecule has 0 heterocycles. The van der Waals surface area contributed by atoms with Crippen LogP contribution >= 0.6 is 0 Å². The van der Waals surface area contributed by atoms with Gasteiger partial charge in [0, 0.05) is 26.2 Å². The number of aliphatic carboxylic acids is 1. The molecule has 328 valence electrons. The van der Waals surface area contributed by atoms with Crippen LogP contribution in [0, 0.1) is 36.5 Å². The summed E-state index contributed by atoms with van der Waals surface area (Å²) in [5, 5.41) is 20.1. The Hall–Kier alpha value is -4.14. The van der Waals surface area contributed by atoms with Crippen molar-refractivity contribution in [3.8, 4) is 11.5 Å². The second kappa shape index (κ2) is 21.6. The lowest BCUT2D eigenvalue weighted by Crippen LogP contribution is -2.30. The second-order valence-corrected chi connectivity index (χ2v) is 19.6. The van der Waals surface area contributed by atoms with E-state index in [1.54, 1.807) is 0 Å². The number of hydrogen-bond donors (Lipinski definition) is 3. The third kappa shape index (κ3) is 14.2. The zero-order valence-corrected chi connectivity index (χ0v) is 38.2. The number of aryl methyl sites for hydroxylation is 2. The average Bonchev–Trinajstić information content (AvgIpc) is 3.18. The van der Waals surface area contributed by atoms with Crippen LogP contribution in [0.5, 0.6) is 11.5 Å². The number of carbonyl (C=O) groups excluding carboxylic acids is 1. The van der Waals surface area contributed by atoms with E-state index in [0.29, 0.717) is 55.7 Å². The Morgan fingerprint density at radius 3 is 1.42 bits per heavy atom. The van der Waals surface area contributed by atoms with E-state index < -0.39 is 5.97 Å². The summed E-state index contributed by atoms with van der Waals surface area (Å²) >= 11 is 0. The quantitative estimate of drug-likeness (QED) is 0.0804. The van der Waals surface area contributed by atoms with Crippen molar-refractivity contribution in [3.05, 3.63) is 82.9 Å². The first kappa shape index (κ1) is 46.9. The SMILES string of the molecule is CCOC(=O)CCNCc1ccc2cc(OC3CCC(C(C)(C)C)CC3)cc(C)c2c1.Cc1cc(OC2CCC(C(C)(C)C)CC2)cc2ccc(CNCCC(=O)O)cc12. The molecule has 2 aliphatic rings. The fourth-order valence-corrected chi connectivity index (χ4v) is 9.03. The van der Waals surface area contributed by atoms with Crippen molar-refractivity contribution in [3.63, 3.8) is 0 Å². The number of carboxylic acid groups (broad SMARTS) is 1. The Bertz CT molecular complexity index is 2010. The Kier molecular flexibility index (Phi) is 16.9. The zero-order valence-electron chi connectivity index (χ0n) is 38.2. The molecule has 0 amide bonds. The van der Waals surface area contributed by atoms with E-state index in [1.807, 2.05) is 6.92 Å². The van der Waals surface area contributed by atoms with Crippen molar-refractivity contribution < 1.29 is 28.9 Å². The molecule has 0 bridgehead atoms. The van der Waals surface area contributed by atoms with Crippen molar-refractivity contribution >= 4 is 33.5 Å². The van der Waals surface area contributed by atoms with Crippen molar-refractivity contribution in [2.45, 2.75) is 152 Å². The minimum absolute atomic E-state index is 0.144. The molecule has 8 heteroatoms. The standard InChI is InChI=1S/C27H39NO3.C25H35NO3/c1-6-30-26(29)13-14-28-18-20-7-8-21-17-24(15-19(2)25(21)16-20)31-23-11-9-22(10-12-23)27(3,4)5;1-17-13-22(29-21-9-7-20(8-10-21)25(2,3)4)15-19-6-5-18(14-23(17)19)16-26-12-11-24(27)28/h7-8,15-17,22-23,28H,6,9-14,18H2,1-5H3;5-6,13-15,20-21,26H,7-12,16H2,1-4H3,(H,27,28). The molecule has 0 aromatic heterocycles. The van der Waals surface area contributed by atoms with Gasteiger partial charge in [0.15, 0.2) is 0 Å². The second-order valence-electron chi connectivity index (χ2n) is 19.6. The van der Waals surface area contributed by atoms with Crippen LogP contribution in [-0.4, -0.2) is 48.9 Å². The third-order valence-corrected chi connectivity index (χ3v) is 12.8. The van der Waals surface area contributed by atoms with Gasteiger partial charge in [-0.2, -0.15) is 0 Å². The molecule has 0 spiro atoms. The van der Waals surface area contributed by atoms with Crippen LogP contribution in [0.3, 0.4) is 0 Å². The number of nitrogens with one attached hydrogen (secondary N) is 2. The van der Waals surface area contributed by atoms with Gasteiger partial charge in [0.2, 0.25) is 0 Å². The minimum Gasteiger partial charge on any atom is -0.490 e. The van der Waals surface area contributed by atoms with Gasteiger partial charge < -0.3 is 30.0 Å². The fourth-order valence-electron chi connectivity index (χ4n) is 9.03. The first-order valence-electron chi connectivity index (χ1n) is 22.7. The number of carbonyl (C=O) groups is 2. The smallest absolute Gasteiger partial charge is 0.307 e. The van der Waals surface area contributed by atoms with Crippen LogP contribution < -0.4 is 20.1 Å². The summed E-state index contributed by atoms with van der Waals surface area (Å²) in [6.07, 6.45) is 10.8. The number of benzene rings is 4. The van der Waals surface area contributed by atoms with Gasteiger partial charge in [0.25, 0.3) is 0 Å². The predicted octanol–water partition coefficient (Wildman–Crippen LogP) is 11.9. The predicted molar refractivity (Wildman–Crippen MR) is 246 cm³/mol. The van der Waals surface area contributed by atoms with Crippen molar-refractivity contribution in [1.29, 1.82) is 0 Å². The first-order valence-corrected chi connectivity index (χ1v) is 22.7. The van der Waals surface area contributed by atoms with E-state index in [9.17, 15) is 9.59 Å². The van der Waals surface area contributed by atoms with E-state index >= 15 is 0 Å². The summed E-state index contributed by atoms with van der Waals surface area (Å²) in [5.41, 5.74) is 5.63. The minimum atomic E-state index is -0.772. The highest BCUT2D eigenvalue weighted by Gasteiger charge is 2.31. The molecule has 4 aromatic rings. The van der Waals surface area contributed by atoms with E-state index in [1.165, 1.54) is 69.5 Å². The summed E-state index contributed by atoms with van der Waals surface area (Å²) in [6, 6.07) is 21.7. The first-order chi connectivity index (χ1) is 28.5. The molecule has 0 atom stereocenters. The Morgan fingerprint density at radius 2 is 1.03 bits per heavy atom. The summed E-state index contributed by atoms with van der Waals surface area (Å²) in [7, 11) is 0. The lowest BCUT2D eigenvalue weighted by atomic mass is 9.72. The molecule has 0 saturated heterocycles. The van der Waals surface area contributed by atoms with Crippen LogP contribution in [0.25, 0.3) is 21.5 Å². The highest BCUT2D eigenvalue weighted by molar-refractivity contribution is 5.88. The van der Waals surface area contributed by atoms with E-state index in [0.717, 1.165) is 55.6 Å². The number of fused-ring (bicyclic) bond motifs is 2. The highest BCUT2D eigenvalue weighted by Crippen LogP contribution is 2.40. The molecular formula is C52H74N2O6. The van der Waals surface area contributed by atoms with Crippen molar-refractivity contribution in [2.75, 3.05) is 19.7 Å². The molecule has 2 fully saturated rings. The molecule has 8 nitrogen and oxygen atoms in total. The van der Waals surface area contributed by atoms with Gasteiger partial charge in [-0.25, -0.2) is 0 Å². The van der Waals surface area contributed by atoms with Gasteiger partial charge in [-0.1, -0.05) is 65.8 Å². The molecule has 60 heavy (non-hydrogen) atoms. The van der Waals surface area contributed by atoms with Gasteiger partial charge >= 0.3 is 11.9 Å². The number of ether oxygens (including phenoxy) is 3. The number of rotatable bonds is 15. The Balaban J connectivity index is 0.000000228. The van der Waals surface area contributed by atoms with Gasteiger partial charge in [0.1, 0.15) is 11.5 Å². The lowest BCUT2D eigenvalue weighted by molar-refractivity contribution is -0.143.